The molecule has 0 aliphatic heterocycles. The minimum absolute atomic E-state index is 0.0301. The van der Waals surface area contributed by atoms with Crippen molar-refractivity contribution in [2.45, 2.75) is 20.4 Å². The number of ketones is 1. The molecule has 0 radical (unpaired) electrons. The average Bonchev–Trinajstić information content (AvgIpc) is 3.11. The van der Waals surface area contributed by atoms with Crippen LogP contribution in [0.1, 0.15) is 49.3 Å². The van der Waals surface area contributed by atoms with Gasteiger partial charge < -0.3 is 11.1 Å². The Morgan fingerprint density at radius 1 is 1.04 bits per heavy atom. The lowest BCUT2D eigenvalue weighted by Gasteiger charge is -2.09. The van der Waals surface area contributed by atoms with E-state index in [1.807, 2.05) is 26.0 Å². The first-order chi connectivity index (χ1) is 13.4. The van der Waals surface area contributed by atoms with Crippen LogP contribution in [-0.2, 0) is 6.54 Å². The van der Waals surface area contributed by atoms with Crippen LogP contribution in [0, 0.1) is 6.92 Å². The van der Waals surface area contributed by atoms with Crippen LogP contribution in [-0.4, -0.2) is 27.4 Å². The number of anilines is 1. The maximum atomic E-state index is 12.9. The van der Waals surface area contributed by atoms with Gasteiger partial charge in [-0.3, -0.25) is 19.1 Å². The van der Waals surface area contributed by atoms with Crippen LogP contribution >= 0.6 is 0 Å². The van der Waals surface area contributed by atoms with E-state index in [1.54, 1.807) is 36.4 Å². The lowest BCUT2D eigenvalue weighted by molar-refractivity contribution is 0.0991. The van der Waals surface area contributed by atoms with Crippen molar-refractivity contribution in [3.63, 3.8) is 0 Å². The van der Waals surface area contributed by atoms with Crippen molar-refractivity contribution in [1.82, 2.24) is 9.78 Å². The molecular weight excluding hydrogens is 356 g/mol. The second-order valence-corrected chi connectivity index (χ2v) is 6.31. The zero-order chi connectivity index (χ0) is 20.3. The summed E-state index contributed by atoms with van der Waals surface area (Å²) < 4.78 is 1.50. The summed E-state index contributed by atoms with van der Waals surface area (Å²) in [5.41, 5.74) is 7.52. The predicted octanol–water partition coefficient (Wildman–Crippen LogP) is 2.79. The van der Waals surface area contributed by atoms with E-state index in [-0.39, 0.29) is 28.3 Å². The summed E-state index contributed by atoms with van der Waals surface area (Å²) in [6.45, 7) is 4.29. The quantitative estimate of drug-likeness (QED) is 0.645. The summed E-state index contributed by atoms with van der Waals surface area (Å²) in [4.78, 5) is 37.3. The zero-order valence-corrected chi connectivity index (χ0v) is 15.6. The first-order valence-corrected chi connectivity index (χ1v) is 8.79. The second-order valence-electron chi connectivity index (χ2n) is 6.31. The maximum absolute atomic E-state index is 12.9. The normalized spacial score (nSPS) is 10.5. The van der Waals surface area contributed by atoms with E-state index >= 15 is 0 Å². The van der Waals surface area contributed by atoms with Gasteiger partial charge in [-0.2, -0.15) is 5.10 Å². The van der Waals surface area contributed by atoms with Gasteiger partial charge in [0, 0.05) is 23.9 Å². The minimum atomic E-state index is -0.744. The van der Waals surface area contributed by atoms with E-state index in [1.165, 1.54) is 10.9 Å². The molecular formula is C21H20N4O3. The van der Waals surface area contributed by atoms with E-state index in [4.69, 9.17) is 5.73 Å². The van der Waals surface area contributed by atoms with E-state index in [0.29, 0.717) is 12.1 Å². The Bertz CT molecular complexity index is 1050. The lowest BCUT2D eigenvalue weighted by Crippen LogP contribution is -2.20. The molecule has 0 saturated heterocycles. The van der Waals surface area contributed by atoms with E-state index in [0.717, 1.165) is 5.56 Å². The Morgan fingerprint density at radius 3 is 2.29 bits per heavy atom. The fraction of sp³-hybridized carbons (Fsp3) is 0.143. The van der Waals surface area contributed by atoms with Crippen LogP contribution in [0.3, 0.4) is 0 Å². The van der Waals surface area contributed by atoms with Gasteiger partial charge in [-0.1, -0.05) is 48.0 Å². The smallest absolute Gasteiger partial charge is 0.271 e. The van der Waals surface area contributed by atoms with E-state index in [2.05, 4.69) is 10.4 Å². The van der Waals surface area contributed by atoms with E-state index < -0.39 is 11.8 Å². The van der Waals surface area contributed by atoms with Gasteiger partial charge in [-0.15, -0.1) is 0 Å². The van der Waals surface area contributed by atoms with Crippen LogP contribution < -0.4 is 11.1 Å². The van der Waals surface area contributed by atoms with Crippen molar-refractivity contribution in [3.8, 4) is 0 Å². The molecule has 0 aliphatic carbocycles. The number of carbonyl (C=O) groups is 3. The highest BCUT2D eigenvalue weighted by Crippen LogP contribution is 2.19. The number of rotatable bonds is 6. The molecule has 0 fully saturated rings. The highest BCUT2D eigenvalue weighted by molar-refractivity contribution is 6.18. The van der Waals surface area contributed by atoms with Crippen molar-refractivity contribution < 1.29 is 14.4 Å². The number of nitrogens with zero attached hydrogens (tertiary/aromatic N) is 2. The summed E-state index contributed by atoms with van der Waals surface area (Å²) >= 11 is 0. The first-order valence-electron chi connectivity index (χ1n) is 8.79. The molecule has 0 unspecified atom stereocenters. The molecule has 3 aromatic rings. The monoisotopic (exact) mass is 376 g/mol. The van der Waals surface area contributed by atoms with Crippen LogP contribution in [0.2, 0.25) is 0 Å². The van der Waals surface area contributed by atoms with Crippen LogP contribution in [0.25, 0.3) is 0 Å². The standard InChI is InChI=1S/C21H20N4O3/c1-3-25-12-17(18(24-25)20(22)27)23-21(28)16-7-5-4-6-15(16)19(26)14-10-8-13(2)9-11-14/h4-12H,3H2,1-2H3,(H2,22,27)(H,23,28). The summed E-state index contributed by atoms with van der Waals surface area (Å²) in [5.74, 6) is -1.52. The molecule has 1 aromatic heterocycles. The summed E-state index contributed by atoms with van der Waals surface area (Å²) in [7, 11) is 0. The first kappa shape index (κ1) is 19.0. The highest BCUT2D eigenvalue weighted by atomic mass is 16.2. The Kier molecular flexibility index (Phi) is 5.35. The molecule has 0 saturated carbocycles. The fourth-order valence-electron chi connectivity index (χ4n) is 2.79. The Morgan fingerprint density at radius 2 is 1.68 bits per heavy atom. The number of amides is 2. The van der Waals surface area contributed by atoms with Crippen LogP contribution in [0.4, 0.5) is 5.69 Å². The van der Waals surface area contributed by atoms with Gasteiger partial charge in [0.25, 0.3) is 11.8 Å². The number of hydrogen-bond donors (Lipinski definition) is 2. The van der Waals surface area contributed by atoms with Gasteiger partial charge >= 0.3 is 0 Å². The number of benzene rings is 2. The molecule has 2 aromatic carbocycles. The fourth-order valence-corrected chi connectivity index (χ4v) is 2.79. The molecule has 0 aliphatic rings. The number of carbonyl (C=O) groups excluding carboxylic acids is 3. The van der Waals surface area contributed by atoms with Gasteiger partial charge in [-0.25, -0.2) is 0 Å². The van der Waals surface area contributed by atoms with Gasteiger partial charge in [0.15, 0.2) is 11.5 Å². The number of nitrogens with one attached hydrogen (secondary N) is 1. The summed E-state index contributed by atoms with van der Waals surface area (Å²) in [5, 5.41) is 6.69. The van der Waals surface area contributed by atoms with Crippen molar-refractivity contribution in [1.29, 1.82) is 0 Å². The van der Waals surface area contributed by atoms with E-state index in [9.17, 15) is 14.4 Å². The SMILES string of the molecule is CCn1cc(NC(=O)c2ccccc2C(=O)c2ccc(C)cc2)c(C(N)=O)n1. The molecule has 2 amide bonds. The molecule has 3 N–H and O–H groups in total. The Labute approximate surface area is 162 Å². The number of primary amides is 1. The minimum Gasteiger partial charge on any atom is -0.364 e. The van der Waals surface area contributed by atoms with Crippen LogP contribution in [0.5, 0.6) is 0 Å². The highest BCUT2D eigenvalue weighted by Gasteiger charge is 2.21. The number of hydrogen-bond acceptors (Lipinski definition) is 4. The Hall–Kier alpha value is -3.74. The molecule has 0 atom stereocenters. The summed E-state index contributed by atoms with van der Waals surface area (Å²) in [6.07, 6.45) is 1.53. The number of aromatic nitrogens is 2. The molecule has 1 heterocycles. The third kappa shape index (κ3) is 3.83. The molecule has 142 valence electrons. The molecule has 28 heavy (non-hydrogen) atoms. The maximum Gasteiger partial charge on any atom is 0.271 e. The van der Waals surface area contributed by atoms with Gasteiger partial charge in [-0.05, 0) is 19.9 Å². The third-order valence-corrected chi connectivity index (χ3v) is 4.30. The largest absolute Gasteiger partial charge is 0.364 e. The number of aryl methyl sites for hydroxylation is 2. The average molecular weight is 376 g/mol. The molecule has 7 heteroatoms. The zero-order valence-electron chi connectivity index (χ0n) is 15.6. The Balaban J connectivity index is 1.94. The van der Waals surface area contributed by atoms with Crippen LogP contribution in [0.15, 0.2) is 54.7 Å². The number of nitrogens with two attached hydrogens (primary N) is 1. The van der Waals surface area contributed by atoms with Gasteiger partial charge in [0.2, 0.25) is 0 Å². The summed E-state index contributed by atoms with van der Waals surface area (Å²) in [6, 6.07) is 13.7. The molecule has 7 nitrogen and oxygen atoms in total. The van der Waals surface area contributed by atoms with Crippen molar-refractivity contribution in [2.75, 3.05) is 5.32 Å². The molecule has 3 rings (SSSR count). The molecule has 0 spiro atoms. The predicted molar refractivity (Wildman–Crippen MR) is 105 cm³/mol. The molecule has 0 bridgehead atoms. The third-order valence-electron chi connectivity index (χ3n) is 4.30. The van der Waals surface area contributed by atoms with Crippen molar-refractivity contribution >= 4 is 23.3 Å². The lowest BCUT2D eigenvalue weighted by atomic mass is 9.97. The van der Waals surface area contributed by atoms with Crippen molar-refractivity contribution in [3.05, 3.63) is 82.7 Å². The van der Waals surface area contributed by atoms with Gasteiger partial charge in [0.05, 0.1) is 11.3 Å². The van der Waals surface area contributed by atoms with Gasteiger partial charge in [0.1, 0.15) is 0 Å². The second kappa shape index (κ2) is 7.87. The van der Waals surface area contributed by atoms with Crippen molar-refractivity contribution in [2.24, 2.45) is 5.73 Å². The topological polar surface area (TPSA) is 107 Å².